The van der Waals surface area contributed by atoms with Crippen molar-refractivity contribution in [3.05, 3.63) is 11.6 Å². The van der Waals surface area contributed by atoms with E-state index in [-0.39, 0.29) is 0 Å². The van der Waals surface area contributed by atoms with Crippen LogP contribution in [0.3, 0.4) is 0 Å². The third-order valence-electron chi connectivity index (χ3n) is 5.26. The SMILES string of the molecule is CCC[CH2][Sn]([CH2]CCC)([CH2]CCC)[CH2]OCC1=CCCCC1. The Morgan fingerprint density at radius 2 is 1.50 bits per heavy atom. The molecule has 1 aliphatic rings. The fourth-order valence-electron chi connectivity index (χ4n) is 3.68. The Morgan fingerprint density at radius 3 is 1.95 bits per heavy atom. The van der Waals surface area contributed by atoms with Crippen molar-refractivity contribution in [1.82, 2.24) is 0 Å². The number of ether oxygens (including phenoxy) is 1. The van der Waals surface area contributed by atoms with Gasteiger partial charge in [0.2, 0.25) is 0 Å². The van der Waals surface area contributed by atoms with Gasteiger partial charge in [-0.15, -0.1) is 0 Å². The van der Waals surface area contributed by atoms with Crippen molar-refractivity contribution < 1.29 is 4.74 Å². The number of rotatable bonds is 13. The third-order valence-corrected chi connectivity index (χ3v) is 19.7. The predicted molar refractivity (Wildman–Crippen MR) is 102 cm³/mol. The third kappa shape index (κ3) is 8.38. The molecule has 0 aliphatic heterocycles. The second-order valence-corrected chi connectivity index (χ2v) is 21.1. The van der Waals surface area contributed by atoms with Gasteiger partial charge in [-0.1, -0.05) is 0 Å². The molecule has 1 aliphatic carbocycles. The molecule has 0 saturated carbocycles. The van der Waals surface area contributed by atoms with Gasteiger partial charge in [0.25, 0.3) is 0 Å². The maximum atomic E-state index is 6.35. The van der Waals surface area contributed by atoms with Crippen molar-refractivity contribution >= 4 is 18.4 Å². The van der Waals surface area contributed by atoms with E-state index in [4.69, 9.17) is 4.74 Å². The van der Waals surface area contributed by atoms with Crippen molar-refractivity contribution in [3.63, 3.8) is 0 Å². The standard InChI is InChI=1S/C8H13O.3C4H9.Sn/c1-9-7-8-5-3-2-4-6-8;3*1-3-4-2;/h5H,1-4,6-7H2;3*1,3-4H2,2H3;. The van der Waals surface area contributed by atoms with Crippen LogP contribution in [0, 0.1) is 0 Å². The van der Waals surface area contributed by atoms with Crippen LogP contribution in [0.2, 0.25) is 13.3 Å². The molecular weight excluding hydrogens is 375 g/mol. The summed E-state index contributed by atoms with van der Waals surface area (Å²) in [6.45, 7) is 8.00. The molecule has 0 atom stereocenters. The first kappa shape index (κ1) is 20.5. The zero-order valence-electron chi connectivity index (χ0n) is 15.6. The summed E-state index contributed by atoms with van der Waals surface area (Å²) in [6, 6.07) is 0. The van der Waals surface area contributed by atoms with E-state index in [9.17, 15) is 0 Å². The fourth-order valence-corrected chi connectivity index (χ4v) is 18.0. The molecule has 2 heteroatoms. The van der Waals surface area contributed by atoms with Crippen molar-refractivity contribution in [2.24, 2.45) is 0 Å². The Balaban J connectivity index is 2.53. The number of unbranched alkanes of at least 4 members (excludes halogenated alkanes) is 3. The predicted octanol–water partition coefficient (Wildman–Crippen LogP) is 6.89. The molecule has 0 heterocycles. The van der Waals surface area contributed by atoms with E-state index in [2.05, 4.69) is 26.8 Å². The first-order chi connectivity index (χ1) is 10.8. The van der Waals surface area contributed by atoms with Crippen molar-refractivity contribution in [2.75, 3.05) is 11.2 Å². The van der Waals surface area contributed by atoms with Crippen LogP contribution in [0.5, 0.6) is 0 Å². The second kappa shape index (κ2) is 12.9. The molecule has 0 aromatic rings. The zero-order valence-corrected chi connectivity index (χ0v) is 18.4. The normalized spacial score (nSPS) is 15.9. The summed E-state index contributed by atoms with van der Waals surface area (Å²) in [5, 5.41) is 0. The van der Waals surface area contributed by atoms with Crippen LogP contribution >= 0.6 is 0 Å². The van der Waals surface area contributed by atoms with Crippen LogP contribution in [0.25, 0.3) is 0 Å². The average Bonchev–Trinajstić information content (AvgIpc) is 2.57. The molecule has 0 bridgehead atoms. The molecular formula is C20H40OSn. The summed E-state index contributed by atoms with van der Waals surface area (Å²) < 4.78 is 12.3. The van der Waals surface area contributed by atoms with Gasteiger partial charge in [-0.3, -0.25) is 0 Å². The molecule has 0 aromatic carbocycles. The van der Waals surface area contributed by atoms with Crippen LogP contribution in [0.4, 0.5) is 0 Å². The van der Waals surface area contributed by atoms with Gasteiger partial charge in [0.15, 0.2) is 0 Å². The summed E-state index contributed by atoms with van der Waals surface area (Å²) in [5.74, 6) is 0. The molecule has 0 N–H and O–H groups in total. The van der Waals surface area contributed by atoms with E-state index < -0.39 is 18.4 Å². The molecule has 0 aromatic heterocycles. The van der Waals surface area contributed by atoms with Crippen molar-refractivity contribution in [1.29, 1.82) is 0 Å². The van der Waals surface area contributed by atoms with Gasteiger partial charge >= 0.3 is 144 Å². The van der Waals surface area contributed by atoms with Gasteiger partial charge in [0.1, 0.15) is 0 Å². The van der Waals surface area contributed by atoms with Crippen LogP contribution in [0.15, 0.2) is 11.6 Å². The molecule has 0 fully saturated rings. The topological polar surface area (TPSA) is 9.23 Å². The number of hydrogen-bond donors (Lipinski definition) is 0. The molecule has 1 rings (SSSR count). The van der Waals surface area contributed by atoms with Gasteiger partial charge in [0.05, 0.1) is 0 Å². The van der Waals surface area contributed by atoms with E-state index >= 15 is 0 Å². The Morgan fingerprint density at radius 1 is 0.909 bits per heavy atom. The Bertz CT molecular complexity index is 276. The molecule has 0 saturated heterocycles. The van der Waals surface area contributed by atoms with Gasteiger partial charge in [0, 0.05) is 0 Å². The van der Waals surface area contributed by atoms with Crippen molar-refractivity contribution in [3.8, 4) is 0 Å². The molecule has 0 spiro atoms. The quantitative estimate of drug-likeness (QED) is 0.235. The molecule has 0 radical (unpaired) electrons. The Hall–Kier alpha value is 0.499. The van der Waals surface area contributed by atoms with Gasteiger partial charge in [-0.05, 0) is 0 Å². The van der Waals surface area contributed by atoms with Crippen LogP contribution in [0.1, 0.15) is 85.0 Å². The molecule has 22 heavy (non-hydrogen) atoms. The van der Waals surface area contributed by atoms with Crippen LogP contribution < -0.4 is 0 Å². The summed E-state index contributed by atoms with van der Waals surface area (Å²) in [4.78, 5) is 0. The van der Waals surface area contributed by atoms with Gasteiger partial charge < -0.3 is 0 Å². The van der Waals surface area contributed by atoms with E-state index in [1.165, 1.54) is 68.8 Å². The molecule has 0 unspecified atom stereocenters. The average molecular weight is 415 g/mol. The Labute approximate surface area is 144 Å². The van der Waals surface area contributed by atoms with E-state index in [0.29, 0.717) is 0 Å². The molecule has 1 nitrogen and oxygen atoms in total. The monoisotopic (exact) mass is 416 g/mol. The minimum atomic E-state index is -2.04. The summed E-state index contributed by atoms with van der Waals surface area (Å²) in [6.07, 6.45) is 16.2. The first-order valence-electron chi connectivity index (χ1n) is 10.0. The second-order valence-electron chi connectivity index (χ2n) is 7.41. The minimum absolute atomic E-state index is 0.947. The summed E-state index contributed by atoms with van der Waals surface area (Å²) in [7, 11) is 0. The summed E-state index contributed by atoms with van der Waals surface area (Å²) in [5.41, 5.74) is 1.59. The van der Waals surface area contributed by atoms with Gasteiger partial charge in [-0.2, -0.15) is 0 Å². The van der Waals surface area contributed by atoms with Crippen LogP contribution in [-0.4, -0.2) is 29.6 Å². The van der Waals surface area contributed by atoms with E-state index in [0.717, 1.165) is 6.61 Å². The number of allylic oxidation sites excluding steroid dienone is 1. The first-order valence-corrected chi connectivity index (χ1v) is 18.1. The van der Waals surface area contributed by atoms with E-state index in [1.807, 2.05) is 0 Å². The van der Waals surface area contributed by atoms with Gasteiger partial charge in [-0.25, -0.2) is 0 Å². The number of hydrogen-bond acceptors (Lipinski definition) is 1. The zero-order chi connectivity index (χ0) is 16.1. The maximum absolute atomic E-state index is 6.35. The Kier molecular flexibility index (Phi) is 12.0. The summed E-state index contributed by atoms with van der Waals surface area (Å²) >= 11 is -2.04. The van der Waals surface area contributed by atoms with Crippen molar-refractivity contribution in [2.45, 2.75) is 98.3 Å². The molecule has 0 amide bonds. The van der Waals surface area contributed by atoms with Crippen LogP contribution in [-0.2, 0) is 4.74 Å². The molecule has 130 valence electrons. The fraction of sp³-hybridized carbons (Fsp3) is 0.900. The van der Waals surface area contributed by atoms with E-state index in [1.54, 1.807) is 18.9 Å².